The molecule has 0 aromatic carbocycles. The van der Waals surface area contributed by atoms with E-state index in [2.05, 4.69) is 13.7 Å². The molecule has 1 aliphatic heterocycles. The van der Waals surface area contributed by atoms with Gasteiger partial charge in [-0.2, -0.15) is 14.4 Å². The fourth-order valence-corrected chi connectivity index (χ4v) is 4.76. The molecule has 32 heavy (non-hydrogen) atoms. The van der Waals surface area contributed by atoms with Crippen LogP contribution in [0.3, 0.4) is 0 Å². The summed E-state index contributed by atoms with van der Waals surface area (Å²) in [7, 11) is -16.9. The van der Waals surface area contributed by atoms with Crippen LogP contribution in [0.5, 0.6) is 0 Å². The number of aliphatic hydroxyl groups is 3. The highest BCUT2D eigenvalue weighted by Crippen LogP contribution is 2.59. The third kappa shape index (κ3) is 7.59. The molecule has 1 aliphatic rings. The first kappa shape index (κ1) is 29.2. The van der Waals surface area contributed by atoms with Gasteiger partial charge in [-0.25, -0.2) is 9.13 Å². The molecule has 0 radical (unpaired) electrons. The second-order valence-corrected chi connectivity index (χ2v) is 10.6. The first-order chi connectivity index (χ1) is 14.3. The fraction of sp³-hybridized carbons (Fsp3) is 0.800. The third-order valence-corrected chi connectivity index (χ3v) is 7.00. The van der Waals surface area contributed by atoms with Gasteiger partial charge in [0.25, 0.3) is 0 Å². The van der Waals surface area contributed by atoms with Gasteiger partial charge in [-0.1, -0.05) is 0 Å². The lowest BCUT2D eigenvalue weighted by Gasteiger charge is -2.32. The Bertz CT molecular complexity index is 840. The van der Waals surface area contributed by atoms with Gasteiger partial charge in [0.2, 0.25) is 5.91 Å². The van der Waals surface area contributed by atoms with Gasteiger partial charge in [-0.05, 0) is 6.42 Å². The van der Waals surface area contributed by atoms with Crippen molar-refractivity contribution in [2.45, 2.75) is 42.7 Å². The van der Waals surface area contributed by atoms with E-state index < -0.39 is 84.4 Å². The first-order valence-electron chi connectivity index (χ1n) is 8.10. The standard InChI is InChI=1S/C10H21N2O17P3/c11-6(14)2-1-4(12-28-32(24,25)29-31(21,22)23)9(17)27-10(30(18,19)20)8(16)7(15)5(3-13)26-10/h4-5,7-8,12-13,15-16H,1-3H2,(H2,11,14)(H,24,25)(H2,18,19,20)(H2,21,22,23)/t4-,5+,7+,8+,10?/m0/s1. The molecule has 1 rings (SSSR count). The van der Waals surface area contributed by atoms with E-state index in [0.29, 0.717) is 0 Å². The molecule has 188 valence electrons. The maximum Gasteiger partial charge on any atom is 0.497 e. The van der Waals surface area contributed by atoms with Crippen molar-refractivity contribution >= 4 is 35.1 Å². The number of ether oxygens (including phenoxy) is 2. The van der Waals surface area contributed by atoms with Gasteiger partial charge in [0.15, 0.2) is 6.10 Å². The van der Waals surface area contributed by atoms with Gasteiger partial charge in [0.1, 0.15) is 18.2 Å². The predicted octanol–water partition coefficient (Wildman–Crippen LogP) is -4.16. The zero-order valence-electron chi connectivity index (χ0n) is 15.6. The van der Waals surface area contributed by atoms with E-state index in [9.17, 15) is 48.2 Å². The van der Waals surface area contributed by atoms with E-state index in [1.165, 1.54) is 5.48 Å². The van der Waals surface area contributed by atoms with Crippen LogP contribution in [-0.2, 0) is 41.7 Å². The summed E-state index contributed by atoms with van der Waals surface area (Å²) in [6.45, 7) is -1.07. The molecule has 6 atom stereocenters. The molecule has 2 unspecified atom stereocenters. The van der Waals surface area contributed by atoms with Crippen molar-refractivity contribution in [1.82, 2.24) is 5.48 Å². The van der Waals surface area contributed by atoms with Crippen molar-refractivity contribution in [1.29, 1.82) is 0 Å². The lowest BCUT2D eigenvalue weighted by atomic mass is 10.1. The number of esters is 1. The Balaban J connectivity index is 3.15. The molecule has 0 saturated carbocycles. The number of rotatable bonds is 12. The van der Waals surface area contributed by atoms with Gasteiger partial charge in [-0.3, -0.25) is 14.2 Å². The summed E-state index contributed by atoms with van der Waals surface area (Å²) in [5.41, 5.74) is 2.82. The highest BCUT2D eigenvalue weighted by molar-refractivity contribution is 7.60. The second-order valence-electron chi connectivity index (χ2n) is 6.18. The molecule has 0 aliphatic carbocycles. The molecule has 1 amide bonds. The second kappa shape index (κ2) is 10.6. The summed E-state index contributed by atoms with van der Waals surface area (Å²) in [5.74, 6) is -2.86. The average Bonchev–Trinajstić information content (AvgIpc) is 2.84. The van der Waals surface area contributed by atoms with E-state index in [0.717, 1.165) is 0 Å². The molecule has 22 heteroatoms. The molecule has 1 heterocycles. The highest BCUT2D eigenvalue weighted by Gasteiger charge is 2.67. The van der Waals surface area contributed by atoms with Crippen LogP contribution in [-0.4, -0.2) is 88.2 Å². The SMILES string of the molecule is NC(=O)CC[C@H](NOP(=O)(O)OP(=O)(O)O)C(=O)OC1(P(=O)(O)O)O[C@H](CO)[C@@H](O)[C@H]1O. The summed E-state index contributed by atoms with van der Waals surface area (Å²) in [6.07, 6.45) is -7.96. The lowest BCUT2D eigenvalue weighted by molar-refractivity contribution is -0.220. The Hall–Kier alpha value is -0.850. The van der Waals surface area contributed by atoms with E-state index in [1.54, 1.807) is 0 Å². The molecular formula is C10H21N2O17P3. The van der Waals surface area contributed by atoms with Crippen molar-refractivity contribution in [2.24, 2.45) is 5.73 Å². The van der Waals surface area contributed by atoms with E-state index in [4.69, 9.17) is 25.4 Å². The number of primary amides is 1. The number of hydrogen-bond donors (Lipinski definition) is 10. The summed E-state index contributed by atoms with van der Waals surface area (Å²) in [4.78, 5) is 68.8. The summed E-state index contributed by atoms with van der Waals surface area (Å²) in [6, 6.07) is -2.10. The Morgan fingerprint density at radius 1 is 1.12 bits per heavy atom. The summed E-state index contributed by atoms with van der Waals surface area (Å²) < 4.78 is 50.7. The minimum absolute atomic E-state index is 0.667. The van der Waals surface area contributed by atoms with Crippen LogP contribution in [0, 0.1) is 0 Å². The van der Waals surface area contributed by atoms with Gasteiger partial charge in [-0.15, -0.1) is 0 Å². The third-order valence-electron chi connectivity index (χ3n) is 3.71. The normalized spacial score (nSPS) is 29.3. The number of carbonyl (C=O) groups is 2. The number of nitrogens with two attached hydrogens (primary N) is 1. The molecule has 0 spiro atoms. The Labute approximate surface area is 178 Å². The van der Waals surface area contributed by atoms with Crippen molar-refractivity contribution in [3.63, 3.8) is 0 Å². The lowest BCUT2D eigenvalue weighted by Crippen LogP contribution is -2.50. The number of aliphatic hydroxyl groups excluding tert-OH is 3. The Kier molecular flexibility index (Phi) is 9.67. The molecule has 0 aromatic heterocycles. The number of carbonyl (C=O) groups excluding carboxylic acids is 2. The molecule has 19 nitrogen and oxygen atoms in total. The van der Waals surface area contributed by atoms with Crippen LogP contribution < -0.4 is 11.2 Å². The smallest absolute Gasteiger partial charge is 0.417 e. The maximum atomic E-state index is 12.5. The minimum Gasteiger partial charge on any atom is -0.417 e. The largest absolute Gasteiger partial charge is 0.497 e. The van der Waals surface area contributed by atoms with Gasteiger partial charge < -0.3 is 55.0 Å². The number of amides is 1. The quantitative estimate of drug-likeness (QED) is 0.0645. The molecule has 0 bridgehead atoms. The van der Waals surface area contributed by atoms with Crippen molar-refractivity contribution in [3.8, 4) is 0 Å². The van der Waals surface area contributed by atoms with Crippen molar-refractivity contribution in [3.05, 3.63) is 0 Å². The van der Waals surface area contributed by atoms with Gasteiger partial charge in [0, 0.05) is 6.42 Å². The zero-order valence-corrected chi connectivity index (χ0v) is 18.3. The van der Waals surface area contributed by atoms with E-state index >= 15 is 0 Å². The number of nitrogens with one attached hydrogen (secondary N) is 1. The fourth-order valence-electron chi connectivity index (χ4n) is 2.31. The molecular weight excluding hydrogens is 513 g/mol. The molecule has 1 saturated heterocycles. The highest BCUT2D eigenvalue weighted by atomic mass is 31.3. The zero-order chi connectivity index (χ0) is 25.1. The number of phosphoric acid groups is 2. The van der Waals surface area contributed by atoms with Crippen LogP contribution in [0.4, 0.5) is 0 Å². The number of hydrogen-bond acceptors (Lipinski definition) is 13. The summed E-state index contributed by atoms with van der Waals surface area (Å²) >= 11 is 0. The van der Waals surface area contributed by atoms with E-state index in [-0.39, 0.29) is 0 Å². The van der Waals surface area contributed by atoms with Crippen molar-refractivity contribution in [2.75, 3.05) is 6.61 Å². The topological polar surface area (TPSA) is 322 Å². The van der Waals surface area contributed by atoms with Crippen LogP contribution in [0.1, 0.15) is 12.8 Å². The minimum atomic E-state index is -5.78. The Morgan fingerprint density at radius 3 is 2.09 bits per heavy atom. The first-order valence-corrected chi connectivity index (χ1v) is 12.7. The predicted molar refractivity (Wildman–Crippen MR) is 94.2 cm³/mol. The monoisotopic (exact) mass is 534 g/mol. The van der Waals surface area contributed by atoms with Crippen LogP contribution in [0.15, 0.2) is 0 Å². The van der Waals surface area contributed by atoms with Crippen molar-refractivity contribution < 1.29 is 81.5 Å². The molecule has 0 aromatic rings. The number of hydroxylamine groups is 1. The van der Waals surface area contributed by atoms with Gasteiger partial charge >= 0.3 is 34.7 Å². The van der Waals surface area contributed by atoms with Gasteiger partial charge in [0.05, 0.1) is 6.61 Å². The average molecular weight is 534 g/mol. The molecule has 1 fully saturated rings. The van der Waals surface area contributed by atoms with Crippen LogP contribution in [0.2, 0.25) is 0 Å². The Morgan fingerprint density at radius 2 is 1.69 bits per heavy atom. The summed E-state index contributed by atoms with van der Waals surface area (Å²) in [5, 5.41) is 28.9. The van der Waals surface area contributed by atoms with Crippen LogP contribution >= 0.6 is 23.2 Å². The maximum absolute atomic E-state index is 12.5. The molecule has 11 N–H and O–H groups in total. The van der Waals surface area contributed by atoms with Crippen LogP contribution in [0.25, 0.3) is 0 Å². The van der Waals surface area contributed by atoms with E-state index in [1.807, 2.05) is 0 Å².